The van der Waals surface area contributed by atoms with Crippen molar-refractivity contribution < 1.29 is 19.0 Å². The number of methoxy groups -OCH3 is 3. The Morgan fingerprint density at radius 3 is 2.24 bits per heavy atom. The summed E-state index contributed by atoms with van der Waals surface area (Å²) in [7, 11) is 4.60. The molecule has 0 saturated carbocycles. The third kappa shape index (κ3) is 6.23. The minimum atomic E-state index is -0.317. The SMILES string of the molecule is COc1ccc(/C=N/NC(=O)c2ccc(CSc3nc(C)cc(C)n3)cc2)c(OC)c1OC. The zero-order valence-electron chi connectivity index (χ0n) is 19.2. The summed E-state index contributed by atoms with van der Waals surface area (Å²) >= 11 is 1.56. The van der Waals surface area contributed by atoms with E-state index in [-0.39, 0.29) is 5.91 Å². The van der Waals surface area contributed by atoms with Crippen molar-refractivity contribution in [3.63, 3.8) is 0 Å². The van der Waals surface area contributed by atoms with Gasteiger partial charge < -0.3 is 14.2 Å². The predicted octanol–water partition coefficient (Wildman–Crippen LogP) is 4.18. The standard InChI is InChI=1S/C24H26N4O4S/c1-15-12-16(2)27-24(26-15)33-14-17-6-8-18(9-7-17)23(29)28-25-13-19-10-11-20(30-3)22(32-5)21(19)31-4/h6-13H,14H2,1-5H3,(H,28,29)/b25-13+. The number of hydrazone groups is 1. The summed E-state index contributed by atoms with van der Waals surface area (Å²) in [5, 5.41) is 4.80. The summed E-state index contributed by atoms with van der Waals surface area (Å²) in [5.74, 6) is 1.85. The number of nitrogens with one attached hydrogen (secondary N) is 1. The number of hydrogen-bond acceptors (Lipinski definition) is 8. The molecule has 0 fully saturated rings. The van der Waals surface area contributed by atoms with Gasteiger partial charge in [0, 0.05) is 28.3 Å². The molecule has 0 bridgehead atoms. The molecule has 172 valence electrons. The fourth-order valence-corrected chi connectivity index (χ4v) is 4.01. The van der Waals surface area contributed by atoms with Gasteiger partial charge in [-0.1, -0.05) is 23.9 Å². The van der Waals surface area contributed by atoms with E-state index in [1.54, 1.807) is 43.1 Å². The first kappa shape index (κ1) is 24.1. The lowest BCUT2D eigenvalue weighted by Gasteiger charge is -2.13. The molecule has 0 aliphatic heterocycles. The highest BCUT2D eigenvalue weighted by Crippen LogP contribution is 2.38. The Morgan fingerprint density at radius 1 is 0.970 bits per heavy atom. The van der Waals surface area contributed by atoms with Crippen LogP contribution in [-0.4, -0.2) is 43.4 Å². The molecule has 0 aliphatic carbocycles. The quantitative estimate of drug-likeness (QED) is 0.219. The van der Waals surface area contributed by atoms with Gasteiger partial charge in [-0.2, -0.15) is 5.10 Å². The van der Waals surface area contributed by atoms with Crippen molar-refractivity contribution in [2.24, 2.45) is 5.10 Å². The lowest BCUT2D eigenvalue weighted by atomic mass is 10.1. The van der Waals surface area contributed by atoms with E-state index in [4.69, 9.17) is 14.2 Å². The smallest absolute Gasteiger partial charge is 0.271 e. The number of thioether (sulfide) groups is 1. The van der Waals surface area contributed by atoms with Gasteiger partial charge in [-0.3, -0.25) is 4.79 Å². The van der Waals surface area contributed by atoms with Crippen molar-refractivity contribution in [3.05, 3.63) is 70.5 Å². The van der Waals surface area contributed by atoms with Crippen LogP contribution in [0.25, 0.3) is 0 Å². The lowest BCUT2D eigenvalue weighted by molar-refractivity contribution is 0.0955. The van der Waals surface area contributed by atoms with E-state index in [0.717, 1.165) is 22.1 Å². The van der Waals surface area contributed by atoms with Crippen LogP contribution in [0, 0.1) is 13.8 Å². The Bertz CT molecular complexity index is 1130. The molecule has 0 unspecified atom stereocenters. The Balaban J connectivity index is 1.61. The summed E-state index contributed by atoms with van der Waals surface area (Å²) in [6, 6.07) is 12.8. The Morgan fingerprint density at radius 2 is 1.64 bits per heavy atom. The van der Waals surface area contributed by atoms with Gasteiger partial charge in [0.05, 0.1) is 27.5 Å². The van der Waals surface area contributed by atoms with Crippen molar-refractivity contribution in [2.75, 3.05) is 21.3 Å². The maximum Gasteiger partial charge on any atom is 0.271 e. The zero-order valence-corrected chi connectivity index (χ0v) is 20.0. The van der Waals surface area contributed by atoms with Gasteiger partial charge in [0.15, 0.2) is 16.7 Å². The fourth-order valence-electron chi connectivity index (χ4n) is 3.11. The van der Waals surface area contributed by atoms with Crippen molar-refractivity contribution in [3.8, 4) is 17.2 Å². The van der Waals surface area contributed by atoms with E-state index in [9.17, 15) is 4.79 Å². The Kier molecular flexibility index (Phi) is 8.26. The summed E-state index contributed by atoms with van der Waals surface area (Å²) in [6.07, 6.45) is 1.49. The van der Waals surface area contributed by atoms with Gasteiger partial charge in [0.2, 0.25) is 5.75 Å². The van der Waals surface area contributed by atoms with Gasteiger partial charge in [0.1, 0.15) is 0 Å². The normalized spacial score (nSPS) is 10.8. The minimum absolute atomic E-state index is 0.317. The molecule has 1 aromatic heterocycles. The first-order valence-electron chi connectivity index (χ1n) is 10.1. The number of carbonyl (C=O) groups is 1. The van der Waals surface area contributed by atoms with Gasteiger partial charge in [0.25, 0.3) is 5.91 Å². The van der Waals surface area contributed by atoms with Crippen molar-refractivity contribution >= 4 is 23.9 Å². The third-order valence-electron chi connectivity index (χ3n) is 4.65. The highest BCUT2D eigenvalue weighted by molar-refractivity contribution is 7.98. The number of hydrogen-bond donors (Lipinski definition) is 1. The van der Waals surface area contributed by atoms with E-state index in [0.29, 0.717) is 34.1 Å². The molecule has 0 aliphatic rings. The maximum atomic E-state index is 12.5. The second kappa shape index (κ2) is 11.3. The van der Waals surface area contributed by atoms with E-state index < -0.39 is 0 Å². The molecule has 0 radical (unpaired) electrons. The van der Waals surface area contributed by atoms with Crippen LogP contribution in [-0.2, 0) is 5.75 Å². The number of ether oxygens (including phenoxy) is 3. The van der Waals surface area contributed by atoms with Crippen LogP contribution < -0.4 is 19.6 Å². The zero-order chi connectivity index (χ0) is 23.8. The largest absolute Gasteiger partial charge is 0.493 e. The molecule has 1 heterocycles. The molecule has 9 heteroatoms. The second-order valence-electron chi connectivity index (χ2n) is 7.04. The molecule has 1 N–H and O–H groups in total. The molecular formula is C24H26N4O4S. The van der Waals surface area contributed by atoms with Crippen LogP contribution in [0.1, 0.15) is 32.9 Å². The summed E-state index contributed by atoms with van der Waals surface area (Å²) in [6.45, 7) is 3.91. The molecular weight excluding hydrogens is 440 g/mol. The molecule has 8 nitrogen and oxygen atoms in total. The van der Waals surface area contributed by atoms with E-state index in [2.05, 4.69) is 20.5 Å². The number of carbonyl (C=O) groups excluding carboxylic acids is 1. The first-order valence-corrected chi connectivity index (χ1v) is 11.1. The number of aromatic nitrogens is 2. The van der Waals surface area contributed by atoms with Gasteiger partial charge in [-0.15, -0.1) is 0 Å². The first-order chi connectivity index (χ1) is 15.9. The topological polar surface area (TPSA) is 94.9 Å². The van der Waals surface area contributed by atoms with Crippen LogP contribution in [0.4, 0.5) is 0 Å². The lowest BCUT2D eigenvalue weighted by Crippen LogP contribution is -2.17. The molecule has 1 amide bonds. The number of nitrogens with zero attached hydrogens (tertiary/aromatic N) is 3. The second-order valence-corrected chi connectivity index (χ2v) is 7.98. The van der Waals surface area contributed by atoms with E-state index >= 15 is 0 Å². The molecule has 3 rings (SSSR count). The van der Waals surface area contributed by atoms with E-state index in [1.807, 2.05) is 32.0 Å². The van der Waals surface area contributed by atoms with Crippen molar-refractivity contribution in [1.29, 1.82) is 0 Å². The summed E-state index contributed by atoms with van der Waals surface area (Å²) in [4.78, 5) is 21.3. The molecule has 0 atom stereocenters. The van der Waals surface area contributed by atoms with Crippen LogP contribution in [0.15, 0.2) is 52.7 Å². The van der Waals surface area contributed by atoms with Gasteiger partial charge in [-0.05, 0) is 49.7 Å². The Hall–Kier alpha value is -3.59. The molecule has 3 aromatic rings. The highest BCUT2D eigenvalue weighted by atomic mass is 32.2. The number of amides is 1. The number of rotatable bonds is 9. The predicted molar refractivity (Wildman–Crippen MR) is 129 cm³/mol. The molecule has 0 saturated heterocycles. The van der Waals surface area contributed by atoms with Gasteiger partial charge >= 0.3 is 0 Å². The molecule has 2 aromatic carbocycles. The van der Waals surface area contributed by atoms with Crippen molar-refractivity contribution in [1.82, 2.24) is 15.4 Å². The van der Waals surface area contributed by atoms with Crippen LogP contribution >= 0.6 is 11.8 Å². The van der Waals surface area contributed by atoms with Crippen LogP contribution in [0.2, 0.25) is 0 Å². The third-order valence-corrected chi connectivity index (χ3v) is 5.57. The maximum absolute atomic E-state index is 12.5. The summed E-state index contributed by atoms with van der Waals surface area (Å²) in [5.41, 5.74) is 6.63. The summed E-state index contributed by atoms with van der Waals surface area (Å²) < 4.78 is 16.0. The van der Waals surface area contributed by atoms with Crippen LogP contribution in [0.3, 0.4) is 0 Å². The van der Waals surface area contributed by atoms with Crippen molar-refractivity contribution in [2.45, 2.75) is 24.8 Å². The fraction of sp³-hybridized carbons (Fsp3) is 0.250. The minimum Gasteiger partial charge on any atom is -0.493 e. The van der Waals surface area contributed by atoms with Crippen LogP contribution in [0.5, 0.6) is 17.2 Å². The number of aryl methyl sites for hydroxylation is 2. The number of benzene rings is 2. The molecule has 33 heavy (non-hydrogen) atoms. The monoisotopic (exact) mass is 466 g/mol. The average Bonchev–Trinajstić information content (AvgIpc) is 2.81. The average molecular weight is 467 g/mol. The van der Waals surface area contributed by atoms with E-state index in [1.165, 1.54) is 20.4 Å². The highest BCUT2D eigenvalue weighted by Gasteiger charge is 2.14. The molecule has 0 spiro atoms. The Labute approximate surface area is 197 Å². The van der Waals surface area contributed by atoms with Gasteiger partial charge in [-0.25, -0.2) is 15.4 Å².